The minimum atomic E-state index is 0.586. The summed E-state index contributed by atoms with van der Waals surface area (Å²) in [6.45, 7) is 4.80. The highest BCUT2D eigenvalue weighted by Gasteiger charge is 2.08. The van der Waals surface area contributed by atoms with Crippen LogP contribution in [0, 0.1) is 10.5 Å². The molecule has 0 amide bonds. The predicted molar refractivity (Wildman–Crippen MR) is 80.2 cm³/mol. The number of aromatic nitrogens is 2. The SMILES string of the molecule is CCNc1ncnc(Oc2cccc(I)c2)c1C. The van der Waals surface area contributed by atoms with Crippen molar-refractivity contribution in [1.29, 1.82) is 0 Å². The van der Waals surface area contributed by atoms with Crippen LogP contribution in [0.15, 0.2) is 30.6 Å². The highest BCUT2D eigenvalue weighted by atomic mass is 127. The Morgan fingerprint density at radius 1 is 1.33 bits per heavy atom. The van der Waals surface area contributed by atoms with Crippen molar-refractivity contribution in [3.63, 3.8) is 0 Å². The van der Waals surface area contributed by atoms with Gasteiger partial charge in [-0.3, -0.25) is 0 Å². The number of nitrogens with zero attached hydrogens (tertiary/aromatic N) is 2. The van der Waals surface area contributed by atoms with Gasteiger partial charge in [-0.1, -0.05) is 6.07 Å². The first-order valence-corrected chi connectivity index (χ1v) is 6.77. The second-order valence-electron chi connectivity index (χ2n) is 3.74. The molecule has 18 heavy (non-hydrogen) atoms. The fraction of sp³-hybridized carbons (Fsp3) is 0.231. The largest absolute Gasteiger partial charge is 0.439 e. The fourth-order valence-corrected chi connectivity index (χ4v) is 2.04. The van der Waals surface area contributed by atoms with Crippen molar-refractivity contribution in [2.75, 3.05) is 11.9 Å². The predicted octanol–water partition coefficient (Wildman–Crippen LogP) is 3.61. The van der Waals surface area contributed by atoms with E-state index in [2.05, 4.69) is 37.9 Å². The molecule has 0 aliphatic heterocycles. The van der Waals surface area contributed by atoms with E-state index in [1.54, 1.807) is 0 Å². The molecule has 2 aromatic rings. The molecule has 1 N–H and O–H groups in total. The third-order valence-electron chi connectivity index (χ3n) is 2.39. The highest BCUT2D eigenvalue weighted by Crippen LogP contribution is 2.26. The summed E-state index contributed by atoms with van der Waals surface area (Å²) in [6, 6.07) is 7.86. The topological polar surface area (TPSA) is 47.0 Å². The van der Waals surface area contributed by atoms with E-state index >= 15 is 0 Å². The lowest BCUT2D eigenvalue weighted by Crippen LogP contribution is -2.03. The van der Waals surface area contributed by atoms with E-state index in [4.69, 9.17) is 4.74 Å². The Hall–Kier alpha value is -1.37. The van der Waals surface area contributed by atoms with Crippen LogP contribution in [0.4, 0.5) is 5.82 Å². The normalized spacial score (nSPS) is 10.2. The van der Waals surface area contributed by atoms with Crippen LogP contribution in [0.2, 0.25) is 0 Å². The van der Waals surface area contributed by atoms with Gasteiger partial charge in [-0.05, 0) is 54.6 Å². The monoisotopic (exact) mass is 355 g/mol. The molecule has 0 aliphatic carbocycles. The van der Waals surface area contributed by atoms with Gasteiger partial charge in [-0.25, -0.2) is 9.97 Å². The number of hydrogen-bond donors (Lipinski definition) is 1. The van der Waals surface area contributed by atoms with Gasteiger partial charge >= 0.3 is 0 Å². The Bertz CT molecular complexity index is 546. The van der Waals surface area contributed by atoms with Gasteiger partial charge in [0.1, 0.15) is 17.9 Å². The Balaban J connectivity index is 2.26. The van der Waals surface area contributed by atoms with Crippen molar-refractivity contribution in [3.8, 4) is 11.6 Å². The minimum absolute atomic E-state index is 0.586. The van der Waals surface area contributed by atoms with Crippen LogP contribution in [-0.4, -0.2) is 16.5 Å². The molecule has 0 bridgehead atoms. The molecule has 0 saturated heterocycles. The van der Waals surface area contributed by atoms with Gasteiger partial charge in [0.15, 0.2) is 0 Å². The molecule has 0 fully saturated rings. The van der Waals surface area contributed by atoms with Crippen molar-refractivity contribution in [1.82, 2.24) is 9.97 Å². The zero-order valence-electron chi connectivity index (χ0n) is 10.3. The summed E-state index contributed by atoms with van der Waals surface area (Å²) in [7, 11) is 0. The van der Waals surface area contributed by atoms with Crippen LogP contribution in [0.25, 0.3) is 0 Å². The van der Waals surface area contributed by atoms with E-state index in [0.29, 0.717) is 5.88 Å². The van der Waals surface area contributed by atoms with Gasteiger partial charge in [0.2, 0.25) is 5.88 Å². The molecule has 0 radical (unpaired) electrons. The van der Waals surface area contributed by atoms with E-state index in [1.807, 2.05) is 38.1 Å². The first kappa shape index (κ1) is 13.1. The molecule has 1 heterocycles. The number of ether oxygens (including phenoxy) is 1. The lowest BCUT2D eigenvalue weighted by atomic mass is 10.3. The van der Waals surface area contributed by atoms with Crippen molar-refractivity contribution >= 4 is 28.4 Å². The average molecular weight is 355 g/mol. The van der Waals surface area contributed by atoms with Crippen LogP contribution in [-0.2, 0) is 0 Å². The zero-order valence-corrected chi connectivity index (χ0v) is 12.4. The Morgan fingerprint density at radius 2 is 2.17 bits per heavy atom. The van der Waals surface area contributed by atoms with Crippen LogP contribution in [0.5, 0.6) is 11.6 Å². The molecule has 94 valence electrons. The first-order valence-electron chi connectivity index (χ1n) is 5.69. The summed E-state index contributed by atoms with van der Waals surface area (Å²) in [5, 5.41) is 3.18. The standard InChI is InChI=1S/C13H14IN3O/c1-3-15-12-9(2)13(17-8-16-12)18-11-6-4-5-10(14)7-11/h4-8H,3H2,1-2H3,(H,15,16,17). The summed E-state index contributed by atoms with van der Waals surface area (Å²) in [5.74, 6) is 2.18. The lowest BCUT2D eigenvalue weighted by molar-refractivity contribution is 0.457. The highest BCUT2D eigenvalue weighted by molar-refractivity contribution is 14.1. The van der Waals surface area contributed by atoms with Gasteiger partial charge < -0.3 is 10.1 Å². The van der Waals surface area contributed by atoms with Crippen molar-refractivity contribution < 1.29 is 4.74 Å². The maximum Gasteiger partial charge on any atom is 0.227 e. The van der Waals surface area contributed by atoms with E-state index in [1.165, 1.54) is 6.33 Å². The van der Waals surface area contributed by atoms with Gasteiger partial charge in [0.25, 0.3) is 0 Å². The van der Waals surface area contributed by atoms with Crippen LogP contribution in [0.3, 0.4) is 0 Å². The second-order valence-corrected chi connectivity index (χ2v) is 4.99. The molecule has 5 heteroatoms. The van der Waals surface area contributed by atoms with Gasteiger partial charge in [-0.2, -0.15) is 0 Å². The lowest BCUT2D eigenvalue weighted by Gasteiger charge is -2.11. The van der Waals surface area contributed by atoms with Crippen molar-refractivity contribution in [2.24, 2.45) is 0 Å². The Kier molecular flexibility index (Phi) is 4.35. The van der Waals surface area contributed by atoms with Crippen LogP contribution in [0.1, 0.15) is 12.5 Å². The quantitative estimate of drug-likeness (QED) is 0.852. The minimum Gasteiger partial charge on any atom is -0.439 e. The molecule has 1 aromatic carbocycles. The second kappa shape index (κ2) is 5.99. The van der Waals surface area contributed by atoms with Gasteiger partial charge in [0, 0.05) is 10.1 Å². The first-order chi connectivity index (χ1) is 8.70. The smallest absolute Gasteiger partial charge is 0.227 e. The van der Waals surface area contributed by atoms with E-state index in [0.717, 1.165) is 27.2 Å². The molecule has 2 rings (SSSR count). The molecule has 0 saturated carbocycles. The maximum atomic E-state index is 5.78. The summed E-state index contributed by atoms with van der Waals surface area (Å²) >= 11 is 2.25. The molecular formula is C13H14IN3O. The fourth-order valence-electron chi connectivity index (χ4n) is 1.52. The Morgan fingerprint density at radius 3 is 2.89 bits per heavy atom. The van der Waals surface area contributed by atoms with E-state index < -0.39 is 0 Å². The third kappa shape index (κ3) is 3.10. The van der Waals surface area contributed by atoms with E-state index in [-0.39, 0.29) is 0 Å². The molecule has 1 aromatic heterocycles. The molecule has 0 atom stereocenters. The number of nitrogens with one attached hydrogen (secondary N) is 1. The number of anilines is 1. The number of benzene rings is 1. The summed E-state index contributed by atoms with van der Waals surface area (Å²) < 4.78 is 6.91. The molecule has 0 spiro atoms. The maximum absolute atomic E-state index is 5.78. The van der Waals surface area contributed by atoms with Crippen LogP contribution < -0.4 is 10.1 Å². The summed E-state index contributed by atoms with van der Waals surface area (Å²) in [6.07, 6.45) is 1.51. The number of rotatable bonds is 4. The van der Waals surface area contributed by atoms with Crippen LogP contribution >= 0.6 is 22.6 Å². The van der Waals surface area contributed by atoms with Crippen molar-refractivity contribution in [3.05, 3.63) is 39.7 Å². The van der Waals surface area contributed by atoms with Gasteiger partial charge in [-0.15, -0.1) is 0 Å². The number of halogens is 1. The number of hydrogen-bond acceptors (Lipinski definition) is 4. The van der Waals surface area contributed by atoms with E-state index in [9.17, 15) is 0 Å². The molecular weight excluding hydrogens is 341 g/mol. The molecule has 4 nitrogen and oxygen atoms in total. The van der Waals surface area contributed by atoms with Crippen molar-refractivity contribution in [2.45, 2.75) is 13.8 Å². The summed E-state index contributed by atoms with van der Waals surface area (Å²) in [4.78, 5) is 8.35. The zero-order chi connectivity index (χ0) is 13.0. The molecule has 0 aliphatic rings. The third-order valence-corrected chi connectivity index (χ3v) is 3.06. The average Bonchev–Trinajstić information content (AvgIpc) is 2.35. The Labute approximate surface area is 120 Å². The van der Waals surface area contributed by atoms with Gasteiger partial charge in [0.05, 0.1) is 5.56 Å². The summed E-state index contributed by atoms with van der Waals surface area (Å²) in [5.41, 5.74) is 0.915. The molecule has 0 unspecified atom stereocenters.